The first-order valence-corrected chi connectivity index (χ1v) is 6.15. The molecule has 2 rings (SSSR count). The van der Waals surface area contributed by atoms with E-state index < -0.39 is 6.04 Å². The zero-order chi connectivity index (χ0) is 14.5. The summed E-state index contributed by atoms with van der Waals surface area (Å²) in [6, 6.07) is 4.64. The van der Waals surface area contributed by atoms with Gasteiger partial charge in [-0.05, 0) is 18.6 Å². The van der Waals surface area contributed by atoms with Crippen LogP contribution in [0.5, 0.6) is 0 Å². The molecular formula is C13H15N5O2. The van der Waals surface area contributed by atoms with Gasteiger partial charge in [-0.15, -0.1) is 0 Å². The van der Waals surface area contributed by atoms with Crippen molar-refractivity contribution in [3.8, 4) is 0 Å². The normalized spacial score (nSPS) is 13.2. The first-order valence-electron chi connectivity index (χ1n) is 6.15. The third-order valence-corrected chi connectivity index (χ3v) is 2.93. The number of amidine groups is 1. The second kappa shape index (κ2) is 5.96. The molecule has 0 bridgehead atoms. The van der Waals surface area contributed by atoms with Gasteiger partial charge < -0.3 is 16.3 Å². The van der Waals surface area contributed by atoms with E-state index in [4.69, 9.17) is 10.9 Å². The minimum atomic E-state index is -0.528. The zero-order valence-electron chi connectivity index (χ0n) is 10.9. The van der Waals surface area contributed by atoms with Crippen molar-refractivity contribution >= 4 is 22.8 Å². The van der Waals surface area contributed by atoms with Crippen molar-refractivity contribution in [3.63, 3.8) is 0 Å². The quantitative estimate of drug-likeness (QED) is 0.331. The Hall–Kier alpha value is -2.70. The van der Waals surface area contributed by atoms with Crippen LogP contribution in [0.25, 0.3) is 11.0 Å². The molecule has 1 atom stereocenters. The molecule has 0 saturated heterocycles. The number of nitrogens with two attached hydrogens (primary N) is 1. The number of hydrogen-bond acceptors (Lipinski definition) is 5. The highest BCUT2D eigenvalue weighted by Crippen LogP contribution is 2.13. The number of hydrogen-bond donors (Lipinski definition) is 3. The van der Waals surface area contributed by atoms with E-state index in [0.29, 0.717) is 23.0 Å². The summed E-state index contributed by atoms with van der Waals surface area (Å²) in [5.41, 5.74) is 7.08. The number of nitrogens with zero attached hydrogens (tertiary/aromatic N) is 3. The van der Waals surface area contributed by atoms with Crippen molar-refractivity contribution in [2.75, 3.05) is 0 Å². The second-order valence-electron chi connectivity index (χ2n) is 4.19. The molecule has 7 heteroatoms. The van der Waals surface area contributed by atoms with Gasteiger partial charge in [-0.25, -0.2) is 0 Å². The minimum absolute atomic E-state index is 0.0350. The zero-order valence-corrected chi connectivity index (χ0v) is 10.9. The molecule has 1 unspecified atom stereocenters. The van der Waals surface area contributed by atoms with Crippen molar-refractivity contribution in [1.82, 2.24) is 15.3 Å². The minimum Gasteiger partial charge on any atom is -0.409 e. The standard InChI is InChI=1S/C13H15N5O2/c1-2-9(12(14)18-20)17-13(19)8-4-3-5-10-11(8)16-7-6-15-10/h3-7,9,20H,2H2,1H3,(H2,14,18)(H,17,19). The van der Waals surface area contributed by atoms with Gasteiger partial charge in [0.15, 0.2) is 5.84 Å². The number of aromatic nitrogens is 2. The molecule has 0 aliphatic rings. The molecule has 20 heavy (non-hydrogen) atoms. The fourth-order valence-corrected chi connectivity index (χ4v) is 1.87. The number of fused-ring (bicyclic) bond motifs is 1. The lowest BCUT2D eigenvalue weighted by molar-refractivity contribution is 0.0947. The van der Waals surface area contributed by atoms with Gasteiger partial charge in [0.05, 0.1) is 17.1 Å². The molecule has 1 heterocycles. The summed E-state index contributed by atoms with van der Waals surface area (Å²) in [5.74, 6) is -0.373. The number of nitrogens with one attached hydrogen (secondary N) is 1. The highest BCUT2D eigenvalue weighted by molar-refractivity contribution is 6.06. The van der Waals surface area contributed by atoms with Gasteiger partial charge in [0, 0.05) is 12.4 Å². The highest BCUT2D eigenvalue weighted by atomic mass is 16.4. The molecule has 7 nitrogen and oxygen atoms in total. The van der Waals surface area contributed by atoms with Gasteiger partial charge in [0.25, 0.3) is 5.91 Å². The summed E-state index contributed by atoms with van der Waals surface area (Å²) in [4.78, 5) is 20.6. The van der Waals surface area contributed by atoms with E-state index in [1.54, 1.807) is 24.4 Å². The maximum absolute atomic E-state index is 12.3. The summed E-state index contributed by atoms with van der Waals surface area (Å²) in [7, 11) is 0. The maximum Gasteiger partial charge on any atom is 0.254 e. The number of oxime groups is 1. The molecule has 1 amide bonds. The largest absolute Gasteiger partial charge is 0.409 e. The third-order valence-electron chi connectivity index (χ3n) is 2.93. The molecule has 0 aliphatic carbocycles. The summed E-state index contributed by atoms with van der Waals surface area (Å²) in [5, 5.41) is 14.3. The van der Waals surface area contributed by atoms with E-state index in [2.05, 4.69) is 20.4 Å². The Morgan fingerprint density at radius 1 is 1.45 bits per heavy atom. The third kappa shape index (κ3) is 2.66. The summed E-state index contributed by atoms with van der Waals surface area (Å²) < 4.78 is 0. The summed E-state index contributed by atoms with van der Waals surface area (Å²) in [6.07, 6.45) is 3.60. The van der Waals surface area contributed by atoms with E-state index in [-0.39, 0.29) is 11.7 Å². The van der Waals surface area contributed by atoms with Crippen molar-refractivity contribution < 1.29 is 10.0 Å². The van der Waals surface area contributed by atoms with Crippen LogP contribution >= 0.6 is 0 Å². The Morgan fingerprint density at radius 2 is 2.20 bits per heavy atom. The predicted molar refractivity (Wildman–Crippen MR) is 74.5 cm³/mol. The van der Waals surface area contributed by atoms with Crippen LogP contribution in [-0.2, 0) is 0 Å². The van der Waals surface area contributed by atoms with Crippen molar-refractivity contribution in [2.24, 2.45) is 10.9 Å². The van der Waals surface area contributed by atoms with Crippen LogP contribution in [0.2, 0.25) is 0 Å². The Morgan fingerprint density at radius 3 is 2.90 bits per heavy atom. The maximum atomic E-state index is 12.3. The fourth-order valence-electron chi connectivity index (χ4n) is 1.87. The van der Waals surface area contributed by atoms with E-state index in [1.165, 1.54) is 6.20 Å². The van der Waals surface area contributed by atoms with Gasteiger partial charge in [0.1, 0.15) is 5.52 Å². The Kier molecular flexibility index (Phi) is 4.09. The Balaban J connectivity index is 2.32. The van der Waals surface area contributed by atoms with Gasteiger partial charge in [0.2, 0.25) is 0 Å². The molecule has 0 saturated carbocycles. The molecule has 2 aromatic rings. The molecule has 1 aromatic heterocycles. The summed E-state index contributed by atoms with van der Waals surface area (Å²) >= 11 is 0. The first kappa shape index (κ1) is 13.7. The lowest BCUT2D eigenvalue weighted by atomic mass is 10.1. The summed E-state index contributed by atoms with van der Waals surface area (Å²) in [6.45, 7) is 1.83. The number of carbonyl (C=O) groups excluding carboxylic acids is 1. The number of benzene rings is 1. The lowest BCUT2D eigenvalue weighted by Gasteiger charge is -2.15. The van der Waals surface area contributed by atoms with E-state index in [9.17, 15) is 4.79 Å². The molecule has 1 aromatic carbocycles. The van der Waals surface area contributed by atoms with Crippen LogP contribution in [-0.4, -0.2) is 33.0 Å². The predicted octanol–water partition coefficient (Wildman–Crippen LogP) is 0.885. The van der Waals surface area contributed by atoms with Crippen LogP contribution in [0.1, 0.15) is 23.7 Å². The van der Waals surface area contributed by atoms with Gasteiger partial charge in [-0.1, -0.05) is 18.1 Å². The Bertz CT molecular complexity index is 651. The molecule has 104 valence electrons. The smallest absolute Gasteiger partial charge is 0.254 e. The van der Waals surface area contributed by atoms with E-state index >= 15 is 0 Å². The van der Waals surface area contributed by atoms with Crippen LogP contribution in [0, 0.1) is 0 Å². The topological polar surface area (TPSA) is 113 Å². The van der Waals surface area contributed by atoms with Gasteiger partial charge in [-0.3, -0.25) is 14.8 Å². The number of carbonyl (C=O) groups is 1. The molecule has 0 fully saturated rings. The molecule has 4 N–H and O–H groups in total. The van der Waals surface area contributed by atoms with Crippen LogP contribution in [0.4, 0.5) is 0 Å². The van der Waals surface area contributed by atoms with Crippen LogP contribution in [0.3, 0.4) is 0 Å². The number of amides is 1. The van der Waals surface area contributed by atoms with E-state index in [1.807, 2.05) is 6.92 Å². The van der Waals surface area contributed by atoms with Gasteiger partial charge >= 0.3 is 0 Å². The second-order valence-corrected chi connectivity index (χ2v) is 4.19. The fraction of sp³-hybridized carbons (Fsp3) is 0.231. The van der Waals surface area contributed by atoms with Crippen molar-refractivity contribution in [2.45, 2.75) is 19.4 Å². The van der Waals surface area contributed by atoms with Crippen molar-refractivity contribution in [1.29, 1.82) is 0 Å². The molecular weight excluding hydrogens is 258 g/mol. The monoisotopic (exact) mass is 273 g/mol. The molecule has 0 radical (unpaired) electrons. The van der Waals surface area contributed by atoms with Crippen molar-refractivity contribution in [3.05, 3.63) is 36.2 Å². The number of rotatable bonds is 4. The van der Waals surface area contributed by atoms with Gasteiger partial charge in [-0.2, -0.15) is 0 Å². The average molecular weight is 273 g/mol. The molecule has 0 aliphatic heterocycles. The molecule has 0 spiro atoms. The van der Waals surface area contributed by atoms with Crippen LogP contribution in [0.15, 0.2) is 35.7 Å². The highest BCUT2D eigenvalue weighted by Gasteiger charge is 2.18. The first-order chi connectivity index (χ1) is 9.67. The lowest BCUT2D eigenvalue weighted by Crippen LogP contribution is -2.44. The van der Waals surface area contributed by atoms with Crippen LogP contribution < -0.4 is 11.1 Å². The number of para-hydroxylation sites is 1. The average Bonchev–Trinajstić information content (AvgIpc) is 2.51. The van der Waals surface area contributed by atoms with E-state index in [0.717, 1.165) is 0 Å². The Labute approximate surface area is 115 Å². The SMILES string of the molecule is CCC(NC(=O)c1cccc2nccnc12)/C(N)=N/O.